The second kappa shape index (κ2) is 8.44. The van der Waals surface area contributed by atoms with E-state index in [0.717, 1.165) is 11.3 Å². The normalized spacial score (nSPS) is 9.61. The summed E-state index contributed by atoms with van der Waals surface area (Å²) in [5.41, 5.74) is 8.73. The minimum absolute atomic E-state index is 0.257. The molecule has 3 N–H and O–H groups in total. The lowest BCUT2D eigenvalue weighted by Gasteiger charge is -2.05. The summed E-state index contributed by atoms with van der Waals surface area (Å²) in [6, 6.07) is 13.1. The number of benzene rings is 1. The zero-order valence-electron chi connectivity index (χ0n) is 13.0. The Kier molecular flexibility index (Phi) is 6.01. The van der Waals surface area contributed by atoms with Crippen molar-refractivity contribution in [3.8, 4) is 11.8 Å². The van der Waals surface area contributed by atoms with Crippen molar-refractivity contribution < 1.29 is 9.53 Å². The molecule has 0 atom stereocenters. The summed E-state index contributed by atoms with van der Waals surface area (Å²) < 4.78 is 5.10. The number of amides is 1. The monoisotopic (exact) mass is 309 g/mol. The molecule has 2 rings (SSSR count). The number of ether oxygens (including phenoxy) is 1. The SMILES string of the molecule is Cc1nc(C#CCCNC(=O)OCc2ccccc2)ccc1N. The minimum Gasteiger partial charge on any atom is -0.445 e. The van der Waals surface area contributed by atoms with Crippen LogP contribution in [-0.4, -0.2) is 17.6 Å². The number of pyridine rings is 1. The number of carbonyl (C=O) groups excluding carboxylic acids is 1. The first kappa shape index (κ1) is 16.4. The van der Waals surface area contributed by atoms with E-state index >= 15 is 0 Å². The van der Waals surface area contributed by atoms with Gasteiger partial charge in [-0.25, -0.2) is 9.78 Å². The second-order valence-electron chi connectivity index (χ2n) is 4.91. The van der Waals surface area contributed by atoms with E-state index in [1.54, 1.807) is 12.1 Å². The number of nitrogens with one attached hydrogen (secondary N) is 1. The van der Waals surface area contributed by atoms with Gasteiger partial charge >= 0.3 is 6.09 Å². The Balaban J connectivity index is 1.68. The molecule has 5 heteroatoms. The molecule has 1 heterocycles. The average Bonchev–Trinajstić information content (AvgIpc) is 2.57. The van der Waals surface area contributed by atoms with Crippen LogP contribution in [0.5, 0.6) is 0 Å². The first-order chi connectivity index (χ1) is 11.1. The Morgan fingerprint density at radius 1 is 1.26 bits per heavy atom. The molecule has 0 bridgehead atoms. The fourth-order valence-electron chi connectivity index (χ4n) is 1.80. The van der Waals surface area contributed by atoms with E-state index in [1.165, 1.54) is 0 Å². The van der Waals surface area contributed by atoms with Gasteiger partial charge < -0.3 is 15.8 Å². The van der Waals surface area contributed by atoms with Crippen molar-refractivity contribution in [2.75, 3.05) is 12.3 Å². The first-order valence-corrected chi connectivity index (χ1v) is 7.31. The summed E-state index contributed by atoms with van der Waals surface area (Å²) in [5, 5.41) is 2.66. The molecule has 5 nitrogen and oxygen atoms in total. The third-order valence-corrected chi connectivity index (χ3v) is 3.08. The summed E-state index contributed by atoms with van der Waals surface area (Å²) in [5.74, 6) is 5.89. The van der Waals surface area contributed by atoms with Gasteiger partial charge in [-0.1, -0.05) is 36.3 Å². The maximum absolute atomic E-state index is 11.5. The van der Waals surface area contributed by atoms with Crippen molar-refractivity contribution in [2.24, 2.45) is 0 Å². The van der Waals surface area contributed by atoms with Gasteiger partial charge in [0.15, 0.2) is 0 Å². The maximum atomic E-state index is 11.5. The standard InChI is InChI=1S/C18H19N3O2/c1-14-17(19)11-10-16(21-14)9-5-6-12-20-18(22)23-13-15-7-3-2-4-8-15/h2-4,7-8,10-11H,6,12-13,19H2,1H3,(H,20,22). The van der Waals surface area contributed by atoms with Crippen LogP contribution in [0.4, 0.5) is 10.5 Å². The number of aryl methyl sites for hydroxylation is 1. The van der Waals surface area contributed by atoms with Gasteiger partial charge in [-0.15, -0.1) is 0 Å². The van der Waals surface area contributed by atoms with Gasteiger partial charge in [0.1, 0.15) is 12.3 Å². The number of anilines is 1. The van der Waals surface area contributed by atoms with Gasteiger partial charge in [-0.05, 0) is 30.5 Å². The van der Waals surface area contributed by atoms with Crippen LogP contribution in [0.25, 0.3) is 0 Å². The van der Waals surface area contributed by atoms with Crippen molar-refractivity contribution in [2.45, 2.75) is 20.0 Å². The van der Waals surface area contributed by atoms with Crippen molar-refractivity contribution >= 4 is 11.8 Å². The second-order valence-corrected chi connectivity index (χ2v) is 4.91. The molecule has 0 spiro atoms. The lowest BCUT2D eigenvalue weighted by molar-refractivity contribution is 0.140. The van der Waals surface area contributed by atoms with E-state index in [9.17, 15) is 4.79 Å². The van der Waals surface area contributed by atoms with E-state index in [-0.39, 0.29) is 6.61 Å². The molecule has 23 heavy (non-hydrogen) atoms. The number of nitrogen functional groups attached to an aromatic ring is 1. The lowest BCUT2D eigenvalue weighted by Crippen LogP contribution is -2.24. The summed E-state index contributed by atoms with van der Waals surface area (Å²) in [6.45, 7) is 2.52. The highest BCUT2D eigenvalue weighted by molar-refractivity contribution is 5.67. The number of hydrogen-bond donors (Lipinski definition) is 2. The Morgan fingerprint density at radius 2 is 2.04 bits per heavy atom. The van der Waals surface area contributed by atoms with Crippen molar-refractivity contribution in [1.29, 1.82) is 0 Å². The fourth-order valence-corrected chi connectivity index (χ4v) is 1.80. The van der Waals surface area contributed by atoms with Crippen LogP contribution >= 0.6 is 0 Å². The Bertz CT molecular complexity index is 718. The van der Waals surface area contributed by atoms with E-state index in [4.69, 9.17) is 10.5 Å². The number of carbonyl (C=O) groups is 1. The Labute approximate surface area is 135 Å². The summed E-state index contributed by atoms with van der Waals surface area (Å²) >= 11 is 0. The molecule has 0 aliphatic heterocycles. The number of nitrogens with two attached hydrogens (primary N) is 1. The molecule has 0 saturated heterocycles. The predicted octanol–water partition coefficient (Wildman–Crippen LogP) is 2.64. The largest absolute Gasteiger partial charge is 0.445 e. The molecular weight excluding hydrogens is 290 g/mol. The predicted molar refractivity (Wildman–Crippen MR) is 89.5 cm³/mol. The summed E-state index contributed by atoms with van der Waals surface area (Å²) in [6.07, 6.45) is 0.0723. The van der Waals surface area contributed by atoms with Crippen molar-refractivity contribution in [3.05, 3.63) is 59.4 Å². The van der Waals surface area contributed by atoms with Gasteiger partial charge in [0.25, 0.3) is 0 Å². The quantitative estimate of drug-likeness (QED) is 0.672. The number of aromatic nitrogens is 1. The molecule has 1 aromatic heterocycles. The first-order valence-electron chi connectivity index (χ1n) is 7.31. The third kappa shape index (κ3) is 5.71. The molecule has 118 valence electrons. The van der Waals surface area contributed by atoms with Gasteiger partial charge in [0.2, 0.25) is 0 Å². The molecule has 0 fully saturated rings. The smallest absolute Gasteiger partial charge is 0.407 e. The molecule has 2 aromatic rings. The van der Waals surface area contributed by atoms with Crippen LogP contribution in [-0.2, 0) is 11.3 Å². The molecule has 0 aliphatic rings. The van der Waals surface area contributed by atoms with Crippen LogP contribution in [0.1, 0.15) is 23.4 Å². The Morgan fingerprint density at radius 3 is 2.78 bits per heavy atom. The van der Waals surface area contributed by atoms with Crippen molar-refractivity contribution in [1.82, 2.24) is 10.3 Å². The molecule has 0 radical (unpaired) electrons. The Hall–Kier alpha value is -3.00. The summed E-state index contributed by atoms with van der Waals surface area (Å²) in [7, 11) is 0. The fraction of sp³-hybridized carbons (Fsp3) is 0.222. The highest BCUT2D eigenvalue weighted by Gasteiger charge is 2.00. The van der Waals surface area contributed by atoms with Gasteiger partial charge in [-0.2, -0.15) is 0 Å². The topological polar surface area (TPSA) is 77.2 Å². The number of hydrogen-bond acceptors (Lipinski definition) is 4. The van der Waals surface area contributed by atoms with Gasteiger partial charge in [-0.3, -0.25) is 0 Å². The molecule has 0 saturated carbocycles. The van der Waals surface area contributed by atoms with E-state index < -0.39 is 6.09 Å². The molecular formula is C18H19N3O2. The third-order valence-electron chi connectivity index (χ3n) is 3.08. The number of alkyl carbamates (subject to hydrolysis) is 1. The van der Waals surface area contributed by atoms with Crippen LogP contribution in [0.15, 0.2) is 42.5 Å². The number of nitrogens with zero attached hydrogens (tertiary/aromatic N) is 1. The zero-order valence-corrected chi connectivity index (χ0v) is 13.0. The van der Waals surface area contributed by atoms with Crippen LogP contribution in [0.3, 0.4) is 0 Å². The molecule has 0 aliphatic carbocycles. The van der Waals surface area contributed by atoms with Crippen LogP contribution in [0.2, 0.25) is 0 Å². The van der Waals surface area contributed by atoms with Gasteiger partial charge in [0, 0.05) is 13.0 Å². The van der Waals surface area contributed by atoms with E-state index in [1.807, 2.05) is 37.3 Å². The van der Waals surface area contributed by atoms with Crippen LogP contribution < -0.4 is 11.1 Å². The average molecular weight is 309 g/mol. The maximum Gasteiger partial charge on any atom is 0.407 e. The van der Waals surface area contributed by atoms with Crippen LogP contribution in [0, 0.1) is 18.8 Å². The highest BCUT2D eigenvalue weighted by atomic mass is 16.5. The molecule has 0 unspecified atom stereocenters. The lowest BCUT2D eigenvalue weighted by atomic mass is 10.2. The van der Waals surface area contributed by atoms with Crippen molar-refractivity contribution in [3.63, 3.8) is 0 Å². The minimum atomic E-state index is -0.447. The number of rotatable bonds is 4. The summed E-state index contributed by atoms with van der Waals surface area (Å²) in [4.78, 5) is 15.8. The molecule has 1 aromatic carbocycles. The molecule has 1 amide bonds. The van der Waals surface area contributed by atoms with Gasteiger partial charge in [0.05, 0.1) is 11.4 Å². The zero-order chi connectivity index (χ0) is 16.5. The van der Waals surface area contributed by atoms with E-state index in [2.05, 4.69) is 22.1 Å². The highest BCUT2D eigenvalue weighted by Crippen LogP contribution is 2.07. The van der Waals surface area contributed by atoms with E-state index in [0.29, 0.717) is 24.3 Å².